The summed E-state index contributed by atoms with van der Waals surface area (Å²) in [6, 6.07) is 19.8. The number of nitrogens with zero attached hydrogens (tertiary/aromatic N) is 4. The van der Waals surface area contributed by atoms with E-state index in [4.69, 9.17) is 0 Å². The lowest BCUT2D eigenvalue weighted by Crippen LogP contribution is -2.24. The number of aromatic nitrogens is 4. The van der Waals surface area contributed by atoms with Gasteiger partial charge in [-0.05, 0) is 25.0 Å². The van der Waals surface area contributed by atoms with Crippen molar-refractivity contribution in [2.45, 2.75) is 25.3 Å². The highest BCUT2D eigenvalue weighted by Crippen LogP contribution is 2.39. The van der Waals surface area contributed by atoms with Crippen molar-refractivity contribution in [2.24, 2.45) is 0 Å². The van der Waals surface area contributed by atoms with Gasteiger partial charge in [0.2, 0.25) is 5.82 Å². The van der Waals surface area contributed by atoms with E-state index in [0.717, 1.165) is 40.6 Å². The molecule has 1 aliphatic carbocycles. The van der Waals surface area contributed by atoms with E-state index in [1.807, 2.05) is 66.0 Å². The first-order valence-electron chi connectivity index (χ1n) is 9.58. The Balaban J connectivity index is 1.31. The first kappa shape index (κ1) is 17.8. The van der Waals surface area contributed by atoms with Gasteiger partial charge >= 0.3 is 0 Å². The number of rotatable bonds is 6. The SMILES string of the molecule is O=C(NCc1csc(-c2ccccc2)n1)c1nc(C2CC2)n(-c2ccccc2)n1. The molecule has 5 rings (SSSR count). The van der Waals surface area contributed by atoms with Crippen LogP contribution in [0.25, 0.3) is 16.3 Å². The molecule has 0 aliphatic heterocycles. The highest BCUT2D eigenvalue weighted by Gasteiger charge is 2.31. The fourth-order valence-corrected chi connectivity index (χ4v) is 3.96. The van der Waals surface area contributed by atoms with E-state index >= 15 is 0 Å². The Morgan fingerprint density at radius 3 is 2.48 bits per heavy atom. The van der Waals surface area contributed by atoms with Crippen molar-refractivity contribution in [3.63, 3.8) is 0 Å². The summed E-state index contributed by atoms with van der Waals surface area (Å²) in [6.07, 6.45) is 2.18. The molecule has 0 spiro atoms. The minimum Gasteiger partial charge on any atom is -0.344 e. The lowest BCUT2D eigenvalue weighted by Gasteiger charge is -2.03. The van der Waals surface area contributed by atoms with Gasteiger partial charge in [0.05, 0.1) is 17.9 Å². The summed E-state index contributed by atoms with van der Waals surface area (Å²) in [5.74, 6) is 1.17. The van der Waals surface area contributed by atoms with Crippen LogP contribution >= 0.6 is 11.3 Å². The maximum absolute atomic E-state index is 12.7. The molecule has 2 heterocycles. The fraction of sp³-hybridized carbons (Fsp3) is 0.182. The van der Waals surface area contributed by atoms with Crippen molar-refractivity contribution in [1.82, 2.24) is 25.1 Å². The molecule has 4 aromatic rings. The van der Waals surface area contributed by atoms with E-state index in [1.54, 1.807) is 16.0 Å². The molecule has 7 heteroatoms. The van der Waals surface area contributed by atoms with Gasteiger partial charge in [-0.15, -0.1) is 16.4 Å². The van der Waals surface area contributed by atoms with Gasteiger partial charge < -0.3 is 5.32 Å². The van der Waals surface area contributed by atoms with Crippen LogP contribution in [0.15, 0.2) is 66.0 Å². The molecule has 1 amide bonds. The van der Waals surface area contributed by atoms with Gasteiger partial charge in [0.1, 0.15) is 10.8 Å². The molecule has 1 N–H and O–H groups in total. The van der Waals surface area contributed by atoms with Crippen molar-refractivity contribution in [3.05, 3.63) is 83.4 Å². The van der Waals surface area contributed by atoms with E-state index in [2.05, 4.69) is 20.4 Å². The second-order valence-corrected chi connectivity index (χ2v) is 7.87. The number of amides is 1. The second-order valence-electron chi connectivity index (χ2n) is 7.01. The predicted molar refractivity (Wildman–Crippen MR) is 112 cm³/mol. The molecule has 1 aliphatic rings. The van der Waals surface area contributed by atoms with Crippen molar-refractivity contribution < 1.29 is 4.79 Å². The summed E-state index contributed by atoms with van der Waals surface area (Å²) >= 11 is 1.57. The molecule has 2 aromatic carbocycles. The maximum Gasteiger partial charge on any atom is 0.291 e. The Hall–Kier alpha value is -3.32. The van der Waals surface area contributed by atoms with Crippen LogP contribution in [0.1, 0.15) is 40.9 Å². The molecule has 0 saturated heterocycles. The van der Waals surface area contributed by atoms with Gasteiger partial charge in [0.25, 0.3) is 5.91 Å². The molecule has 0 radical (unpaired) electrons. The minimum atomic E-state index is -0.282. The van der Waals surface area contributed by atoms with Gasteiger partial charge in [-0.25, -0.2) is 14.6 Å². The Kier molecular flexibility index (Phi) is 4.65. The quantitative estimate of drug-likeness (QED) is 0.526. The van der Waals surface area contributed by atoms with Crippen LogP contribution < -0.4 is 5.32 Å². The standard InChI is InChI=1S/C22H19N5OS/c28-21(23-13-17-14-29-22(24-17)16-7-3-1-4-8-16)19-25-20(15-11-12-15)27(26-19)18-9-5-2-6-10-18/h1-10,14-15H,11-13H2,(H,23,28). The van der Waals surface area contributed by atoms with Crippen LogP contribution in [0.5, 0.6) is 0 Å². The topological polar surface area (TPSA) is 72.7 Å². The lowest BCUT2D eigenvalue weighted by molar-refractivity contribution is 0.0940. The smallest absolute Gasteiger partial charge is 0.291 e. The fourth-order valence-electron chi connectivity index (χ4n) is 3.14. The molecule has 0 unspecified atom stereocenters. The van der Waals surface area contributed by atoms with Crippen LogP contribution in [0.3, 0.4) is 0 Å². The third kappa shape index (κ3) is 3.82. The number of thiazole rings is 1. The predicted octanol–water partition coefficient (Wildman–Crippen LogP) is 4.20. The van der Waals surface area contributed by atoms with Gasteiger partial charge in [-0.2, -0.15) is 0 Å². The maximum atomic E-state index is 12.7. The number of carbonyl (C=O) groups excluding carboxylic acids is 1. The Morgan fingerprint density at radius 1 is 1.03 bits per heavy atom. The zero-order valence-electron chi connectivity index (χ0n) is 15.7. The normalized spacial score (nSPS) is 13.4. The summed E-state index contributed by atoms with van der Waals surface area (Å²) in [5, 5.41) is 10.3. The summed E-state index contributed by atoms with van der Waals surface area (Å²) in [6.45, 7) is 0.348. The zero-order valence-corrected chi connectivity index (χ0v) is 16.5. The Labute approximate surface area is 172 Å². The van der Waals surface area contributed by atoms with Crippen LogP contribution in [-0.4, -0.2) is 25.7 Å². The third-order valence-corrected chi connectivity index (χ3v) is 5.72. The number of carbonyl (C=O) groups is 1. The summed E-state index contributed by atoms with van der Waals surface area (Å²) < 4.78 is 1.79. The molecule has 0 atom stereocenters. The number of para-hydroxylation sites is 1. The summed E-state index contributed by atoms with van der Waals surface area (Å²) in [4.78, 5) is 21.8. The molecular formula is C22H19N5OS. The number of hydrogen-bond acceptors (Lipinski definition) is 5. The van der Waals surface area contributed by atoms with Crippen LogP contribution in [0.2, 0.25) is 0 Å². The van der Waals surface area contributed by atoms with E-state index < -0.39 is 0 Å². The third-order valence-electron chi connectivity index (χ3n) is 4.78. The Bertz CT molecular complexity index is 1130. The van der Waals surface area contributed by atoms with E-state index in [9.17, 15) is 4.79 Å². The van der Waals surface area contributed by atoms with E-state index in [1.165, 1.54) is 0 Å². The zero-order chi connectivity index (χ0) is 19.6. The van der Waals surface area contributed by atoms with Crippen LogP contribution in [0.4, 0.5) is 0 Å². The van der Waals surface area contributed by atoms with Crippen molar-refractivity contribution in [3.8, 4) is 16.3 Å². The Morgan fingerprint density at radius 2 is 1.76 bits per heavy atom. The van der Waals surface area contributed by atoms with E-state index in [-0.39, 0.29) is 11.7 Å². The average Bonchev–Trinajstić information content (AvgIpc) is 3.34. The second kappa shape index (κ2) is 7.60. The van der Waals surface area contributed by atoms with Gasteiger partial charge in [-0.1, -0.05) is 48.5 Å². The van der Waals surface area contributed by atoms with Crippen molar-refractivity contribution >= 4 is 17.2 Å². The highest BCUT2D eigenvalue weighted by molar-refractivity contribution is 7.13. The number of nitrogens with one attached hydrogen (secondary N) is 1. The average molecular weight is 401 g/mol. The number of hydrogen-bond donors (Lipinski definition) is 1. The van der Waals surface area contributed by atoms with Crippen LogP contribution in [0, 0.1) is 0 Å². The molecule has 6 nitrogen and oxygen atoms in total. The molecular weight excluding hydrogens is 382 g/mol. The molecule has 29 heavy (non-hydrogen) atoms. The van der Waals surface area contributed by atoms with Gasteiger partial charge in [0.15, 0.2) is 0 Å². The number of benzene rings is 2. The first-order chi connectivity index (χ1) is 14.3. The minimum absolute atomic E-state index is 0.203. The lowest BCUT2D eigenvalue weighted by atomic mass is 10.2. The van der Waals surface area contributed by atoms with Crippen molar-refractivity contribution in [2.75, 3.05) is 0 Å². The summed E-state index contributed by atoms with van der Waals surface area (Å²) in [7, 11) is 0. The summed E-state index contributed by atoms with van der Waals surface area (Å²) in [5.41, 5.74) is 2.83. The largest absolute Gasteiger partial charge is 0.344 e. The molecule has 1 fully saturated rings. The molecule has 144 valence electrons. The molecule has 1 saturated carbocycles. The monoisotopic (exact) mass is 401 g/mol. The first-order valence-corrected chi connectivity index (χ1v) is 10.5. The van der Waals surface area contributed by atoms with Gasteiger partial charge in [-0.3, -0.25) is 4.79 Å². The van der Waals surface area contributed by atoms with Gasteiger partial charge in [0, 0.05) is 16.9 Å². The highest BCUT2D eigenvalue weighted by atomic mass is 32.1. The molecule has 0 bridgehead atoms. The van der Waals surface area contributed by atoms with Crippen molar-refractivity contribution in [1.29, 1.82) is 0 Å². The van der Waals surface area contributed by atoms with Crippen LogP contribution in [-0.2, 0) is 6.54 Å². The molecule has 2 aromatic heterocycles. The van der Waals surface area contributed by atoms with E-state index in [0.29, 0.717) is 12.5 Å².